The van der Waals surface area contributed by atoms with Gasteiger partial charge in [0.15, 0.2) is 0 Å². The molecule has 0 bridgehead atoms. The number of hydrogen-bond acceptors (Lipinski definition) is 8. The molecule has 0 unspecified atom stereocenters. The van der Waals surface area contributed by atoms with E-state index in [-0.39, 0.29) is 35.8 Å². The van der Waals surface area contributed by atoms with E-state index in [0.29, 0.717) is 63.1 Å². The molecule has 0 heterocycles. The molecule has 0 amide bonds. The zero-order valence-electron chi connectivity index (χ0n) is 27.8. The van der Waals surface area contributed by atoms with Gasteiger partial charge in [-0.15, -0.1) is 0 Å². The summed E-state index contributed by atoms with van der Waals surface area (Å²) < 4.78 is 21.8. The number of ether oxygens (including phenoxy) is 4. The highest BCUT2D eigenvalue weighted by Gasteiger charge is 2.33. The van der Waals surface area contributed by atoms with Crippen molar-refractivity contribution in [3.8, 4) is 5.75 Å². The molecule has 46 heavy (non-hydrogen) atoms. The van der Waals surface area contributed by atoms with E-state index in [9.17, 15) is 19.2 Å². The molecule has 0 N–H and O–H groups in total. The summed E-state index contributed by atoms with van der Waals surface area (Å²) in [5, 5.41) is 0. The monoisotopic (exact) mass is 638 g/mol. The van der Waals surface area contributed by atoms with E-state index in [1.807, 2.05) is 0 Å². The maximum atomic E-state index is 12.8. The minimum absolute atomic E-state index is 0.0225. The lowest BCUT2D eigenvalue weighted by atomic mass is 9.70. The first kappa shape index (κ1) is 35.7. The highest BCUT2D eigenvalue weighted by molar-refractivity contribution is 5.89. The molecule has 3 saturated carbocycles. The Morgan fingerprint density at radius 2 is 1.28 bits per heavy atom. The molecule has 1 aromatic carbocycles. The Hall–Kier alpha value is -3.16. The topological polar surface area (TPSA) is 105 Å². The molecule has 8 heteroatoms. The van der Waals surface area contributed by atoms with Gasteiger partial charge in [0.25, 0.3) is 0 Å². The molecular formula is C38H54O8. The molecular weight excluding hydrogens is 584 g/mol. The van der Waals surface area contributed by atoms with Crippen LogP contribution >= 0.6 is 0 Å². The van der Waals surface area contributed by atoms with Crippen LogP contribution < -0.4 is 4.74 Å². The zero-order chi connectivity index (χ0) is 32.7. The second-order valence-corrected chi connectivity index (χ2v) is 13.6. The predicted molar refractivity (Wildman–Crippen MR) is 175 cm³/mol. The standard InChI is InChI=1S/C38H54O8/c1-3-8-27-9-11-28(12-10-27)29-17-21-33(22-18-29)45-38(42)32-19-23-34(24-20-32)46-37(41)31-15-13-30(14-16-31)36(40)44-26-7-5-6-25-43-35(39)4-2/h4,19-20,23-24,27-31,33H,2-3,5-18,21-22,25-26H2,1H3. The molecule has 0 aliphatic heterocycles. The molecule has 1 aromatic rings. The third kappa shape index (κ3) is 11.3. The van der Waals surface area contributed by atoms with Gasteiger partial charge in [0, 0.05) is 6.08 Å². The Kier molecular flexibility index (Phi) is 14.6. The summed E-state index contributed by atoms with van der Waals surface area (Å²) in [5.74, 6) is 1.21. The molecule has 8 nitrogen and oxygen atoms in total. The van der Waals surface area contributed by atoms with Crippen LogP contribution in [0.3, 0.4) is 0 Å². The highest BCUT2D eigenvalue weighted by Crippen LogP contribution is 2.41. The van der Waals surface area contributed by atoms with E-state index in [1.165, 1.54) is 38.5 Å². The Balaban J connectivity index is 1.09. The van der Waals surface area contributed by atoms with E-state index in [1.54, 1.807) is 24.3 Å². The average Bonchev–Trinajstić information content (AvgIpc) is 3.08. The normalized spacial score (nSPS) is 26.4. The summed E-state index contributed by atoms with van der Waals surface area (Å²) in [5.41, 5.74) is 0.464. The Bertz CT molecular complexity index is 1120. The fraction of sp³-hybridized carbons (Fsp3) is 0.684. The number of carbonyl (C=O) groups is 4. The maximum Gasteiger partial charge on any atom is 0.338 e. The molecule has 3 fully saturated rings. The molecule has 0 aromatic heterocycles. The second-order valence-electron chi connectivity index (χ2n) is 13.6. The van der Waals surface area contributed by atoms with Gasteiger partial charge in [-0.3, -0.25) is 9.59 Å². The lowest BCUT2D eigenvalue weighted by molar-refractivity contribution is -0.152. The van der Waals surface area contributed by atoms with Crippen molar-refractivity contribution in [1.82, 2.24) is 0 Å². The summed E-state index contributed by atoms with van der Waals surface area (Å²) in [6.07, 6.45) is 18.0. The fourth-order valence-electron chi connectivity index (χ4n) is 7.58. The van der Waals surface area contributed by atoms with Crippen LogP contribution in [0.25, 0.3) is 0 Å². The van der Waals surface area contributed by atoms with E-state index in [0.717, 1.165) is 55.9 Å². The number of esters is 4. The Labute approximate surface area is 275 Å². The summed E-state index contributed by atoms with van der Waals surface area (Å²) in [7, 11) is 0. The van der Waals surface area contributed by atoms with Gasteiger partial charge < -0.3 is 18.9 Å². The van der Waals surface area contributed by atoms with Crippen molar-refractivity contribution in [2.75, 3.05) is 13.2 Å². The quantitative estimate of drug-likeness (QED) is 0.0623. The van der Waals surface area contributed by atoms with Crippen LogP contribution in [0.15, 0.2) is 36.9 Å². The van der Waals surface area contributed by atoms with Gasteiger partial charge in [-0.05, 0) is 125 Å². The van der Waals surface area contributed by atoms with Crippen LogP contribution in [0.1, 0.15) is 126 Å². The largest absolute Gasteiger partial charge is 0.465 e. The van der Waals surface area contributed by atoms with Crippen LogP contribution in [0.4, 0.5) is 0 Å². The number of hydrogen-bond donors (Lipinski definition) is 0. The lowest BCUT2D eigenvalue weighted by Crippen LogP contribution is -2.30. The minimum atomic E-state index is -0.433. The summed E-state index contributed by atoms with van der Waals surface area (Å²) >= 11 is 0. The van der Waals surface area contributed by atoms with Crippen molar-refractivity contribution >= 4 is 23.9 Å². The molecule has 4 rings (SSSR count). The van der Waals surface area contributed by atoms with E-state index in [4.69, 9.17) is 18.9 Å². The average molecular weight is 639 g/mol. The Morgan fingerprint density at radius 3 is 1.87 bits per heavy atom. The van der Waals surface area contributed by atoms with Crippen molar-refractivity contribution in [2.24, 2.45) is 29.6 Å². The first-order chi connectivity index (χ1) is 22.4. The Morgan fingerprint density at radius 1 is 0.717 bits per heavy atom. The van der Waals surface area contributed by atoms with Crippen LogP contribution in [-0.4, -0.2) is 43.2 Å². The highest BCUT2D eigenvalue weighted by atomic mass is 16.5. The molecule has 3 aliphatic carbocycles. The van der Waals surface area contributed by atoms with Crippen molar-refractivity contribution in [1.29, 1.82) is 0 Å². The van der Waals surface area contributed by atoms with E-state index >= 15 is 0 Å². The van der Waals surface area contributed by atoms with Gasteiger partial charge in [0.05, 0.1) is 30.6 Å². The molecule has 0 spiro atoms. The predicted octanol–water partition coefficient (Wildman–Crippen LogP) is 8.16. The second kappa shape index (κ2) is 18.9. The van der Waals surface area contributed by atoms with Crippen molar-refractivity contribution in [3.63, 3.8) is 0 Å². The van der Waals surface area contributed by atoms with Gasteiger partial charge >= 0.3 is 23.9 Å². The number of unbranched alkanes of at least 4 members (excludes halogenated alkanes) is 2. The van der Waals surface area contributed by atoms with Crippen molar-refractivity contribution in [3.05, 3.63) is 42.5 Å². The summed E-state index contributed by atoms with van der Waals surface area (Å²) in [6.45, 7) is 6.30. The van der Waals surface area contributed by atoms with Gasteiger partial charge in [0.2, 0.25) is 0 Å². The van der Waals surface area contributed by atoms with E-state index in [2.05, 4.69) is 13.5 Å². The first-order valence-electron chi connectivity index (χ1n) is 17.8. The van der Waals surface area contributed by atoms with Gasteiger partial charge in [-0.1, -0.05) is 39.2 Å². The molecule has 0 saturated heterocycles. The third-order valence-electron chi connectivity index (χ3n) is 10.4. The summed E-state index contributed by atoms with van der Waals surface area (Å²) in [6, 6.07) is 6.61. The maximum absolute atomic E-state index is 12.8. The zero-order valence-corrected chi connectivity index (χ0v) is 27.8. The lowest BCUT2D eigenvalue weighted by Gasteiger charge is -2.37. The van der Waals surface area contributed by atoms with Gasteiger partial charge in [-0.2, -0.15) is 0 Å². The molecule has 0 radical (unpaired) electrons. The van der Waals surface area contributed by atoms with Crippen LogP contribution in [0.2, 0.25) is 0 Å². The molecule has 0 atom stereocenters. The van der Waals surface area contributed by atoms with Gasteiger partial charge in [-0.25, -0.2) is 9.59 Å². The van der Waals surface area contributed by atoms with Crippen LogP contribution in [0.5, 0.6) is 5.75 Å². The fourth-order valence-corrected chi connectivity index (χ4v) is 7.58. The SMILES string of the molecule is C=CC(=O)OCCCCCOC(=O)C1CCC(C(=O)Oc2ccc(C(=O)OC3CCC(C4CCC(CCC)CC4)CC3)cc2)CC1. The van der Waals surface area contributed by atoms with Crippen molar-refractivity contribution < 1.29 is 38.1 Å². The number of benzene rings is 1. The van der Waals surface area contributed by atoms with Crippen molar-refractivity contribution in [2.45, 2.75) is 122 Å². The summed E-state index contributed by atoms with van der Waals surface area (Å²) in [4.78, 5) is 49.1. The van der Waals surface area contributed by atoms with Crippen LogP contribution in [0, 0.1) is 29.6 Å². The molecule has 3 aliphatic rings. The van der Waals surface area contributed by atoms with Crippen LogP contribution in [-0.2, 0) is 28.6 Å². The van der Waals surface area contributed by atoms with E-state index < -0.39 is 5.97 Å². The number of carbonyl (C=O) groups excluding carboxylic acids is 4. The first-order valence-corrected chi connectivity index (χ1v) is 17.8. The molecule has 254 valence electrons. The smallest absolute Gasteiger partial charge is 0.338 e. The number of rotatable bonds is 15. The third-order valence-corrected chi connectivity index (χ3v) is 10.4. The van der Waals surface area contributed by atoms with Gasteiger partial charge in [0.1, 0.15) is 11.9 Å². The minimum Gasteiger partial charge on any atom is -0.465 e.